The molecule has 3 rings (SSSR count). The van der Waals surface area contributed by atoms with Crippen LogP contribution in [0.2, 0.25) is 0 Å². The second-order valence-electron chi connectivity index (χ2n) is 7.63. The van der Waals surface area contributed by atoms with Crippen LogP contribution in [0.4, 0.5) is 4.39 Å². The van der Waals surface area contributed by atoms with Gasteiger partial charge in [0.15, 0.2) is 17.5 Å². The van der Waals surface area contributed by atoms with Crippen molar-refractivity contribution in [2.75, 3.05) is 19.7 Å². The number of guanidine groups is 1. The predicted octanol–water partition coefficient (Wildman–Crippen LogP) is 4.18. The van der Waals surface area contributed by atoms with Crippen LogP contribution in [0.3, 0.4) is 0 Å². The lowest BCUT2D eigenvalue weighted by molar-refractivity contribution is 0.285. The molecule has 1 aliphatic carbocycles. The lowest BCUT2D eigenvalue weighted by Crippen LogP contribution is -2.38. The molecule has 1 fully saturated rings. The third-order valence-corrected chi connectivity index (χ3v) is 4.97. The molecule has 0 radical (unpaired) electrons. The summed E-state index contributed by atoms with van der Waals surface area (Å²) in [5.41, 5.74) is 3.03. The number of aromatic nitrogens is 1. The normalized spacial score (nSPS) is 15.1. The molecule has 1 aliphatic rings. The molecule has 1 atom stereocenters. The molecule has 2 aromatic rings. The fourth-order valence-electron chi connectivity index (χ4n) is 2.95. The van der Waals surface area contributed by atoms with E-state index in [1.54, 1.807) is 12.1 Å². The Labute approximate surface area is 172 Å². The van der Waals surface area contributed by atoms with Gasteiger partial charge in [-0.25, -0.2) is 4.39 Å². The third kappa shape index (κ3) is 6.73. The van der Waals surface area contributed by atoms with Crippen molar-refractivity contribution in [2.45, 2.75) is 46.1 Å². The summed E-state index contributed by atoms with van der Waals surface area (Å²) in [5.74, 6) is 1.34. The van der Waals surface area contributed by atoms with Gasteiger partial charge in [0.25, 0.3) is 0 Å². The Kier molecular flexibility index (Phi) is 7.44. The largest absolute Gasteiger partial charge is 0.490 e. The number of nitrogens with zero attached hydrogens (tertiary/aromatic N) is 2. The number of hydrogen-bond acceptors (Lipinski definition) is 3. The van der Waals surface area contributed by atoms with Crippen molar-refractivity contribution in [2.24, 2.45) is 10.9 Å². The van der Waals surface area contributed by atoms with Crippen LogP contribution in [0.1, 0.15) is 49.6 Å². The zero-order valence-electron chi connectivity index (χ0n) is 17.5. The first kappa shape index (κ1) is 21.1. The van der Waals surface area contributed by atoms with Crippen LogP contribution in [0, 0.1) is 18.7 Å². The maximum absolute atomic E-state index is 14.4. The van der Waals surface area contributed by atoms with E-state index in [2.05, 4.69) is 26.7 Å². The second kappa shape index (κ2) is 10.2. The van der Waals surface area contributed by atoms with Crippen molar-refractivity contribution in [3.05, 3.63) is 59.2 Å². The van der Waals surface area contributed by atoms with Gasteiger partial charge >= 0.3 is 0 Å². The molecule has 0 amide bonds. The first-order valence-electron chi connectivity index (χ1n) is 10.4. The highest BCUT2D eigenvalue weighted by atomic mass is 19.1. The van der Waals surface area contributed by atoms with Gasteiger partial charge in [0.2, 0.25) is 0 Å². The number of ether oxygens (including phenoxy) is 1. The Balaban J connectivity index is 1.56. The molecule has 29 heavy (non-hydrogen) atoms. The topological polar surface area (TPSA) is 58.5 Å². The van der Waals surface area contributed by atoms with E-state index in [9.17, 15) is 4.39 Å². The number of rotatable bonds is 9. The Morgan fingerprint density at radius 3 is 2.79 bits per heavy atom. The third-order valence-electron chi connectivity index (χ3n) is 4.97. The van der Waals surface area contributed by atoms with Crippen LogP contribution in [0.5, 0.6) is 5.75 Å². The molecular weight excluding hydrogens is 367 g/mol. The van der Waals surface area contributed by atoms with E-state index >= 15 is 0 Å². The molecule has 1 unspecified atom stereocenters. The van der Waals surface area contributed by atoms with Crippen molar-refractivity contribution >= 4 is 5.96 Å². The molecule has 5 nitrogen and oxygen atoms in total. The van der Waals surface area contributed by atoms with Crippen LogP contribution in [-0.2, 0) is 6.42 Å². The Hall–Kier alpha value is -2.63. The second-order valence-corrected chi connectivity index (χ2v) is 7.63. The van der Waals surface area contributed by atoms with Gasteiger partial charge in [-0.2, -0.15) is 0 Å². The number of pyridine rings is 1. The Morgan fingerprint density at radius 2 is 2.14 bits per heavy atom. The van der Waals surface area contributed by atoms with Crippen molar-refractivity contribution < 1.29 is 9.13 Å². The molecule has 156 valence electrons. The smallest absolute Gasteiger partial charge is 0.191 e. The van der Waals surface area contributed by atoms with E-state index in [1.165, 1.54) is 12.8 Å². The Morgan fingerprint density at radius 1 is 1.31 bits per heavy atom. The number of aryl methyl sites for hydroxylation is 1. The standard InChI is InChI=1S/C23H31FN4O/c1-4-25-23(26-12-11-18-6-5-16(2)27-14-18)28-17(3)20-9-10-22(21(24)13-20)29-15-19-7-8-19/h5-6,9-10,13-14,17,19H,4,7-8,11-12,15H2,1-3H3,(H2,25,26,28). The molecule has 1 aromatic heterocycles. The van der Waals surface area contributed by atoms with E-state index in [0.717, 1.165) is 35.7 Å². The number of nitrogens with one attached hydrogen (secondary N) is 2. The number of halogens is 1. The maximum Gasteiger partial charge on any atom is 0.191 e. The molecule has 1 heterocycles. The Bertz CT molecular complexity index is 818. The van der Waals surface area contributed by atoms with Crippen LogP contribution < -0.4 is 15.4 Å². The van der Waals surface area contributed by atoms with Crippen LogP contribution in [-0.4, -0.2) is 30.6 Å². The zero-order chi connectivity index (χ0) is 20.6. The number of benzene rings is 1. The van der Waals surface area contributed by atoms with Crippen LogP contribution >= 0.6 is 0 Å². The summed E-state index contributed by atoms with van der Waals surface area (Å²) in [5, 5.41) is 6.60. The highest BCUT2D eigenvalue weighted by Crippen LogP contribution is 2.30. The first-order chi connectivity index (χ1) is 14.0. The monoisotopic (exact) mass is 398 g/mol. The molecule has 1 saturated carbocycles. The fourth-order valence-corrected chi connectivity index (χ4v) is 2.95. The highest BCUT2D eigenvalue weighted by Gasteiger charge is 2.22. The van der Waals surface area contributed by atoms with Crippen molar-refractivity contribution in [1.29, 1.82) is 0 Å². The van der Waals surface area contributed by atoms with Gasteiger partial charge in [0.1, 0.15) is 0 Å². The summed E-state index contributed by atoms with van der Waals surface area (Å²) in [6.07, 6.45) is 5.09. The van der Waals surface area contributed by atoms with Crippen molar-refractivity contribution in [3.63, 3.8) is 0 Å². The minimum Gasteiger partial charge on any atom is -0.490 e. The van der Waals surface area contributed by atoms with Gasteiger partial charge in [-0.15, -0.1) is 0 Å². The van der Waals surface area contributed by atoms with E-state index in [-0.39, 0.29) is 11.9 Å². The minimum atomic E-state index is -0.314. The predicted molar refractivity (Wildman–Crippen MR) is 115 cm³/mol. The van der Waals surface area contributed by atoms with E-state index in [0.29, 0.717) is 24.8 Å². The highest BCUT2D eigenvalue weighted by molar-refractivity contribution is 5.80. The van der Waals surface area contributed by atoms with Gasteiger partial charge < -0.3 is 15.4 Å². The maximum atomic E-state index is 14.4. The first-order valence-corrected chi connectivity index (χ1v) is 10.4. The summed E-state index contributed by atoms with van der Waals surface area (Å²) in [6, 6.07) is 9.18. The molecule has 0 bridgehead atoms. The zero-order valence-corrected chi connectivity index (χ0v) is 17.5. The molecule has 0 saturated heterocycles. The van der Waals surface area contributed by atoms with Gasteiger partial charge in [-0.1, -0.05) is 12.1 Å². The van der Waals surface area contributed by atoms with Crippen molar-refractivity contribution in [3.8, 4) is 5.75 Å². The lowest BCUT2D eigenvalue weighted by Gasteiger charge is -2.19. The molecule has 0 aliphatic heterocycles. The number of aliphatic imine (C=N–C) groups is 1. The van der Waals surface area contributed by atoms with Gasteiger partial charge in [-0.05, 0) is 75.3 Å². The summed E-state index contributed by atoms with van der Waals surface area (Å²) < 4.78 is 20.0. The summed E-state index contributed by atoms with van der Waals surface area (Å²) >= 11 is 0. The average molecular weight is 399 g/mol. The van der Waals surface area contributed by atoms with E-state index in [1.807, 2.05) is 39.1 Å². The lowest BCUT2D eigenvalue weighted by atomic mass is 10.1. The minimum absolute atomic E-state index is 0.0826. The van der Waals surface area contributed by atoms with Gasteiger partial charge in [-0.3, -0.25) is 9.98 Å². The van der Waals surface area contributed by atoms with Crippen LogP contribution in [0.15, 0.2) is 41.5 Å². The summed E-state index contributed by atoms with van der Waals surface area (Å²) in [7, 11) is 0. The molecule has 1 aromatic carbocycles. The number of hydrogen-bond donors (Lipinski definition) is 2. The molecular formula is C23H31FN4O. The quantitative estimate of drug-likeness (QED) is 0.492. The van der Waals surface area contributed by atoms with Crippen LogP contribution in [0.25, 0.3) is 0 Å². The molecule has 2 N–H and O–H groups in total. The van der Waals surface area contributed by atoms with E-state index in [4.69, 9.17) is 4.74 Å². The van der Waals surface area contributed by atoms with Gasteiger partial charge in [0, 0.05) is 25.0 Å². The van der Waals surface area contributed by atoms with E-state index < -0.39 is 0 Å². The average Bonchev–Trinajstić information content (AvgIpc) is 3.53. The fraction of sp³-hybridized carbons (Fsp3) is 0.478. The SMILES string of the molecule is CCNC(=NCCc1ccc(C)nc1)NC(C)c1ccc(OCC2CC2)c(F)c1. The van der Waals surface area contributed by atoms with Gasteiger partial charge in [0.05, 0.1) is 12.6 Å². The summed E-state index contributed by atoms with van der Waals surface area (Å²) in [4.78, 5) is 8.96. The van der Waals surface area contributed by atoms with Crippen molar-refractivity contribution in [1.82, 2.24) is 15.6 Å². The molecule has 6 heteroatoms. The molecule has 0 spiro atoms. The summed E-state index contributed by atoms with van der Waals surface area (Å²) in [6.45, 7) is 8.01.